The molecule has 11 heteroatoms. The highest BCUT2D eigenvalue weighted by Gasteiger charge is 2.57. The van der Waals surface area contributed by atoms with Gasteiger partial charge in [0, 0.05) is 60.0 Å². The summed E-state index contributed by atoms with van der Waals surface area (Å²) in [5.74, 6) is 1.55. The van der Waals surface area contributed by atoms with Gasteiger partial charge in [-0.3, -0.25) is 14.4 Å². The molecule has 1 saturated heterocycles. The van der Waals surface area contributed by atoms with Gasteiger partial charge in [0.1, 0.15) is 17.9 Å². The van der Waals surface area contributed by atoms with Gasteiger partial charge in [0.15, 0.2) is 0 Å². The zero-order valence-corrected chi connectivity index (χ0v) is 35.3. The summed E-state index contributed by atoms with van der Waals surface area (Å²) >= 11 is 0. The predicted octanol–water partition coefficient (Wildman–Crippen LogP) is 5.58. The van der Waals surface area contributed by atoms with Crippen molar-refractivity contribution in [1.29, 1.82) is 0 Å². The van der Waals surface area contributed by atoms with Crippen LogP contribution >= 0.6 is 0 Å². The molecule has 0 unspecified atom stereocenters. The van der Waals surface area contributed by atoms with E-state index < -0.39 is 24.2 Å². The van der Waals surface area contributed by atoms with Crippen molar-refractivity contribution in [3.05, 3.63) is 47.5 Å². The van der Waals surface area contributed by atoms with E-state index in [0.29, 0.717) is 35.0 Å². The second-order valence-corrected chi connectivity index (χ2v) is 17.7. The van der Waals surface area contributed by atoms with Gasteiger partial charge in [-0.1, -0.05) is 52.8 Å². The first-order chi connectivity index (χ1) is 26.0. The van der Waals surface area contributed by atoms with Gasteiger partial charge in [-0.25, -0.2) is 0 Å². The highest BCUT2D eigenvalue weighted by Crippen LogP contribution is 2.61. The maximum absolute atomic E-state index is 14.3. The van der Waals surface area contributed by atoms with Crippen LogP contribution in [0.25, 0.3) is 11.1 Å². The Balaban J connectivity index is 1.48. The second kappa shape index (κ2) is 17.9. The third-order valence-electron chi connectivity index (χ3n) is 13.0. The number of ether oxygens (including phenoxy) is 1. The fraction of sp³-hybridized carbons (Fsp3) is 0.682. The van der Waals surface area contributed by atoms with Crippen LogP contribution in [0.15, 0.2) is 36.4 Å². The molecule has 2 amide bonds. The number of rotatable bonds is 17. The smallest absolute Gasteiger partial charge is 0.251 e. The minimum atomic E-state index is -0.896. The number of likely N-dealkylation sites (N-methyl/N-ethyl adjacent to an activating group) is 1. The van der Waals surface area contributed by atoms with Crippen LogP contribution in [-0.2, 0) is 16.2 Å². The quantitative estimate of drug-likeness (QED) is 0.164. The lowest BCUT2D eigenvalue weighted by Gasteiger charge is -2.62. The van der Waals surface area contributed by atoms with E-state index in [4.69, 9.17) is 9.57 Å². The summed E-state index contributed by atoms with van der Waals surface area (Å²) in [4.78, 5) is 38.9. The fourth-order valence-electron chi connectivity index (χ4n) is 9.96. The molecule has 0 spiro atoms. The summed E-state index contributed by atoms with van der Waals surface area (Å²) in [6.07, 6.45) is 1.36. The van der Waals surface area contributed by atoms with Crippen LogP contribution in [-0.4, -0.2) is 110 Å². The van der Waals surface area contributed by atoms with Crippen molar-refractivity contribution in [2.45, 2.75) is 112 Å². The molecule has 0 aromatic heterocycles. The number of hydrogen-bond donors (Lipinski definition) is 4. The third kappa shape index (κ3) is 9.17. The summed E-state index contributed by atoms with van der Waals surface area (Å²) < 4.78 is 6.14. The van der Waals surface area contributed by atoms with Crippen molar-refractivity contribution in [2.75, 3.05) is 52.3 Å². The van der Waals surface area contributed by atoms with Crippen molar-refractivity contribution in [3.8, 4) is 16.9 Å². The zero-order chi connectivity index (χ0) is 40.4. The van der Waals surface area contributed by atoms with Crippen LogP contribution in [0.4, 0.5) is 5.69 Å². The summed E-state index contributed by atoms with van der Waals surface area (Å²) in [6, 6.07) is 11.1. The number of aliphatic hydroxyl groups is 2. The number of nitrogens with one attached hydrogen (secondary N) is 2. The predicted molar refractivity (Wildman–Crippen MR) is 219 cm³/mol. The lowest BCUT2D eigenvalue weighted by molar-refractivity contribution is -0.183. The van der Waals surface area contributed by atoms with E-state index in [1.165, 1.54) is 6.42 Å². The number of hydroxylamine groups is 2. The first-order valence-corrected chi connectivity index (χ1v) is 20.6. The standard InChI is InChI=1S/C44H69N5O6/c1-12-48(13-2)34-19-30(18-31(20-34)42(52)45-33(17-26(3)4)24-47(9)10)35-16-14-15-29(41(35)54-11)23-49-40(39(28(6)51)38(25-50)55-49)43(53)46-37-22-32-21-36(27(37)5)44(32,7)8/h14-16,18-20,26-28,32-33,36-40,50-51H,12-13,17,21-25H2,1-11H3,(H,45,52)(H,46,53)/t27-,28-,32+,33-,36-,37-,38-,39+,40-/m0/s1. The number of methoxy groups -OCH3 is 1. The molecule has 1 aliphatic heterocycles. The summed E-state index contributed by atoms with van der Waals surface area (Å²) in [5.41, 5.74) is 4.21. The van der Waals surface area contributed by atoms with Crippen molar-refractivity contribution < 1.29 is 29.4 Å². The van der Waals surface area contributed by atoms with Gasteiger partial charge in [0.05, 0.1) is 26.4 Å². The summed E-state index contributed by atoms with van der Waals surface area (Å²) in [6.45, 7) is 19.3. The number of hydrogen-bond acceptors (Lipinski definition) is 9. The molecule has 306 valence electrons. The Morgan fingerprint density at radius 2 is 1.80 bits per heavy atom. The van der Waals surface area contributed by atoms with Crippen molar-refractivity contribution in [2.24, 2.45) is 35.0 Å². The van der Waals surface area contributed by atoms with E-state index >= 15 is 0 Å². The molecule has 0 radical (unpaired) electrons. The Kier molecular flexibility index (Phi) is 14.0. The Morgan fingerprint density at radius 3 is 2.36 bits per heavy atom. The third-order valence-corrected chi connectivity index (χ3v) is 13.0. The van der Waals surface area contributed by atoms with Crippen LogP contribution in [0, 0.1) is 35.0 Å². The number of benzene rings is 2. The first kappa shape index (κ1) is 42.9. The molecule has 3 aliphatic carbocycles. The molecule has 55 heavy (non-hydrogen) atoms. The maximum atomic E-state index is 14.3. The van der Waals surface area contributed by atoms with Crippen LogP contribution in [0.3, 0.4) is 0 Å². The number of nitrogens with zero attached hydrogens (tertiary/aromatic N) is 3. The van der Waals surface area contributed by atoms with E-state index in [9.17, 15) is 19.8 Å². The molecule has 6 rings (SSSR count). The van der Waals surface area contributed by atoms with E-state index in [1.807, 2.05) is 44.4 Å². The van der Waals surface area contributed by atoms with Gasteiger partial charge in [-0.05, 0) is 107 Å². The number of carbonyl (C=O) groups is 2. The minimum absolute atomic E-state index is 0.00129. The monoisotopic (exact) mass is 764 g/mol. The Hall–Kier alpha value is -3.22. The SMILES string of the molecule is CCN(CC)c1cc(C(=O)N[C@@H](CC(C)C)CN(C)C)cc(-c2cccc(CN3O[C@@H](CO)[C@@H]([C@H](C)O)[C@H]3C(=O)N[C@H]3C[C@H]4C[C@@H]([C@@H]3C)C4(C)C)c2OC)c1. The van der Waals surface area contributed by atoms with Crippen LogP contribution in [0.5, 0.6) is 5.75 Å². The molecule has 4 N–H and O–H groups in total. The Labute approximate surface area is 330 Å². The Bertz CT molecular complexity index is 1620. The second-order valence-electron chi connectivity index (χ2n) is 17.7. The largest absolute Gasteiger partial charge is 0.496 e. The van der Waals surface area contributed by atoms with Crippen LogP contribution in [0.1, 0.15) is 90.6 Å². The average molecular weight is 764 g/mol. The molecule has 1 heterocycles. The maximum Gasteiger partial charge on any atom is 0.251 e. The van der Waals surface area contributed by atoms with Crippen LogP contribution in [0.2, 0.25) is 0 Å². The first-order valence-electron chi connectivity index (χ1n) is 20.6. The molecule has 11 nitrogen and oxygen atoms in total. The summed E-state index contributed by atoms with van der Waals surface area (Å²) in [7, 11) is 5.67. The topological polar surface area (TPSA) is 127 Å². The average Bonchev–Trinajstić information content (AvgIpc) is 3.50. The van der Waals surface area contributed by atoms with Crippen molar-refractivity contribution >= 4 is 17.5 Å². The number of anilines is 1. The number of para-hydroxylation sites is 1. The molecule has 2 aromatic rings. The lowest BCUT2D eigenvalue weighted by atomic mass is 9.45. The molecular formula is C44H69N5O6. The van der Waals surface area contributed by atoms with E-state index in [0.717, 1.165) is 54.9 Å². The van der Waals surface area contributed by atoms with Crippen LogP contribution < -0.4 is 20.3 Å². The van der Waals surface area contributed by atoms with Crippen molar-refractivity contribution in [3.63, 3.8) is 0 Å². The van der Waals surface area contributed by atoms with E-state index in [-0.39, 0.29) is 42.5 Å². The number of amides is 2. The number of aliphatic hydroxyl groups excluding tert-OH is 2. The highest BCUT2D eigenvalue weighted by atomic mass is 16.7. The molecule has 9 atom stereocenters. The van der Waals surface area contributed by atoms with Gasteiger partial charge in [0.2, 0.25) is 5.91 Å². The molecule has 2 bridgehead atoms. The fourth-order valence-corrected chi connectivity index (χ4v) is 9.96. The van der Waals surface area contributed by atoms with Gasteiger partial charge in [0.25, 0.3) is 5.91 Å². The highest BCUT2D eigenvalue weighted by molar-refractivity contribution is 5.97. The van der Waals surface area contributed by atoms with E-state index in [2.05, 4.69) is 75.0 Å². The van der Waals surface area contributed by atoms with Gasteiger partial charge >= 0.3 is 0 Å². The van der Waals surface area contributed by atoms with Gasteiger partial charge < -0.3 is 35.4 Å². The van der Waals surface area contributed by atoms with Gasteiger partial charge in [-0.15, -0.1) is 0 Å². The summed E-state index contributed by atoms with van der Waals surface area (Å²) in [5, 5.41) is 29.7. The molecule has 4 fully saturated rings. The lowest BCUT2D eigenvalue weighted by Crippen LogP contribution is -2.62. The van der Waals surface area contributed by atoms with E-state index in [1.54, 1.807) is 19.1 Å². The number of fused-ring (bicyclic) bond motifs is 2. The number of carbonyl (C=O) groups excluding carboxylic acids is 2. The van der Waals surface area contributed by atoms with Gasteiger partial charge in [-0.2, -0.15) is 5.06 Å². The minimum Gasteiger partial charge on any atom is -0.496 e. The molecule has 3 saturated carbocycles. The Morgan fingerprint density at radius 1 is 1.09 bits per heavy atom. The normalized spacial score (nSPS) is 27.1. The molecular weight excluding hydrogens is 695 g/mol. The molecule has 2 aromatic carbocycles. The van der Waals surface area contributed by atoms with Crippen molar-refractivity contribution in [1.82, 2.24) is 20.6 Å². The zero-order valence-electron chi connectivity index (χ0n) is 35.3. The molecule has 4 aliphatic rings.